The van der Waals surface area contributed by atoms with Gasteiger partial charge in [0.2, 0.25) is 5.91 Å². The summed E-state index contributed by atoms with van der Waals surface area (Å²) < 4.78 is 0. The maximum atomic E-state index is 12.6. The van der Waals surface area contributed by atoms with Gasteiger partial charge in [-0.2, -0.15) is 0 Å². The van der Waals surface area contributed by atoms with E-state index in [0.717, 1.165) is 30.0 Å². The van der Waals surface area contributed by atoms with Gasteiger partial charge >= 0.3 is 0 Å². The van der Waals surface area contributed by atoms with Crippen LogP contribution in [0.1, 0.15) is 51.6 Å². The molecule has 2 unspecified atom stereocenters. The number of carbonyl (C=O) groups excluding carboxylic acids is 1. The van der Waals surface area contributed by atoms with E-state index in [1.807, 2.05) is 29.2 Å². The minimum Gasteiger partial charge on any atom is -0.336 e. The highest BCUT2D eigenvalue weighted by atomic mass is 35.5. The molecule has 1 fully saturated rings. The molecule has 1 heterocycles. The Morgan fingerprint density at radius 3 is 2.81 bits per heavy atom. The van der Waals surface area contributed by atoms with Crippen LogP contribution in [0.3, 0.4) is 0 Å². The number of hydrogen-bond donors (Lipinski definition) is 1. The number of halogens is 1. The van der Waals surface area contributed by atoms with Crippen LogP contribution in [0, 0.1) is 5.41 Å². The second kappa shape index (κ2) is 6.37. The summed E-state index contributed by atoms with van der Waals surface area (Å²) in [6, 6.07) is 7.84. The van der Waals surface area contributed by atoms with Crippen molar-refractivity contribution < 1.29 is 4.79 Å². The molecule has 1 aliphatic heterocycles. The molecule has 1 aliphatic rings. The van der Waals surface area contributed by atoms with Crippen LogP contribution in [0.5, 0.6) is 0 Å². The van der Waals surface area contributed by atoms with Crippen molar-refractivity contribution in [1.29, 1.82) is 0 Å². The minimum absolute atomic E-state index is 0.0546. The van der Waals surface area contributed by atoms with Gasteiger partial charge in [0.15, 0.2) is 0 Å². The topological polar surface area (TPSA) is 46.3 Å². The summed E-state index contributed by atoms with van der Waals surface area (Å²) in [5.74, 6) is 0.153. The quantitative estimate of drug-likeness (QED) is 0.924. The molecule has 0 aliphatic carbocycles. The van der Waals surface area contributed by atoms with Gasteiger partial charge in [-0.05, 0) is 36.0 Å². The maximum Gasteiger partial charge on any atom is 0.224 e. The van der Waals surface area contributed by atoms with E-state index in [1.54, 1.807) is 0 Å². The molecule has 0 saturated carbocycles. The van der Waals surface area contributed by atoms with Gasteiger partial charge in [0.25, 0.3) is 0 Å². The Balaban J connectivity index is 2.10. The number of nitrogens with zero attached hydrogens (tertiary/aromatic N) is 1. The number of rotatable bonds is 3. The van der Waals surface area contributed by atoms with Gasteiger partial charge in [-0.1, -0.05) is 44.5 Å². The zero-order valence-electron chi connectivity index (χ0n) is 13.1. The Bertz CT molecular complexity index is 510. The number of benzene rings is 1. The highest BCUT2D eigenvalue weighted by Crippen LogP contribution is 2.34. The van der Waals surface area contributed by atoms with Crippen molar-refractivity contribution >= 4 is 17.5 Å². The van der Waals surface area contributed by atoms with Crippen molar-refractivity contribution in [3.8, 4) is 0 Å². The Hall–Kier alpha value is -1.06. The van der Waals surface area contributed by atoms with Crippen LogP contribution in [0.25, 0.3) is 0 Å². The molecular formula is C17H25ClN2O. The Kier molecular flexibility index (Phi) is 4.95. The molecule has 1 saturated heterocycles. The predicted molar refractivity (Wildman–Crippen MR) is 87.2 cm³/mol. The van der Waals surface area contributed by atoms with Crippen LogP contribution in [0.15, 0.2) is 24.3 Å². The van der Waals surface area contributed by atoms with Crippen LogP contribution in [0.2, 0.25) is 5.02 Å². The summed E-state index contributed by atoms with van der Waals surface area (Å²) in [6.07, 6.45) is 2.44. The summed E-state index contributed by atoms with van der Waals surface area (Å²) in [7, 11) is 0. The van der Waals surface area contributed by atoms with Crippen LogP contribution in [-0.2, 0) is 4.79 Å². The number of likely N-dealkylation sites (tertiary alicyclic amines) is 1. The third kappa shape index (κ3) is 3.98. The molecule has 21 heavy (non-hydrogen) atoms. The smallest absolute Gasteiger partial charge is 0.224 e. The van der Waals surface area contributed by atoms with E-state index >= 15 is 0 Å². The zero-order chi connectivity index (χ0) is 15.6. The lowest BCUT2D eigenvalue weighted by molar-refractivity contribution is -0.133. The van der Waals surface area contributed by atoms with Crippen molar-refractivity contribution in [2.45, 2.75) is 52.1 Å². The van der Waals surface area contributed by atoms with Gasteiger partial charge in [0.1, 0.15) is 0 Å². The van der Waals surface area contributed by atoms with Crippen LogP contribution < -0.4 is 5.73 Å². The lowest BCUT2D eigenvalue weighted by atomic mass is 9.85. The Labute approximate surface area is 132 Å². The van der Waals surface area contributed by atoms with Crippen molar-refractivity contribution in [2.75, 3.05) is 6.54 Å². The van der Waals surface area contributed by atoms with Gasteiger partial charge in [0, 0.05) is 24.0 Å². The predicted octanol–water partition coefficient (Wildman–Crippen LogP) is 3.77. The largest absolute Gasteiger partial charge is 0.336 e. The molecule has 0 radical (unpaired) electrons. The average molecular weight is 309 g/mol. The first kappa shape index (κ1) is 16.3. The van der Waals surface area contributed by atoms with Crippen LogP contribution >= 0.6 is 11.6 Å². The second-order valence-electron chi connectivity index (χ2n) is 6.98. The lowest BCUT2D eigenvalue weighted by Crippen LogP contribution is -2.41. The number of hydrogen-bond acceptors (Lipinski definition) is 2. The molecule has 0 bridgehead atoms. The van der Waals surface area contributed by atoms with Crippen LogP contribution in [0.4, 0.5) is 0 Å². The summed E-state index contributed by atoms with van der Waals surface area (Å²) in [6.45, 7) is 7.03. The highest BCUT2D eigenvalue weighted by Gasteiger charge is 2.32. The second-order valence-corrected chi connectivity index (χ2v) is 7.41. The molecular weight excluding hydrogens is 284 g/mol. The van der Waals surface area contributed by atoms with Gasteiger partial charge < -0.3 is 10.6 Å². The van der Waals surface area contributed by atoms with E-state index in [0.29, 0.717) is 6.42 Å². The molecule has 0 aromatic heterocycles. The van der Waals surface area contributed by atoms with E-state index in [1.165, 1.54) is 0 Å². The van der Waals surface area contributed by atoms with Gasteiger partial charge in [0.05, 0.1) is 6.04 Å². The fourth-order valence-electron chi connectivity index (χ4n) is 2.74. The van der Waals surface area contributed by atoms with E-state index in [2.05, 4.69) is 20.8 Å². The molecule has 3 nitrogen and oxygen atoms in total. The maximum absolute atomic E-state index is 12.6. The van der Waals surface area contributed by atoms with Gasteiger partial charge in [-0.25, -0.2) is 0 Å². The third-order valence-corrected chi connectivity index (χ3v) is 4.55. The molecule has 2 N–H and O–H groups in total. The SMILES string of the molecule is CC(C)(C)C(N)CC(=O)N1CCCC1c1cccc(Cl)c1. The van der Waals surface area contributed by atoms with Crippen molar-refractivity contribution in [3.63, 3.8) is 0 Å². The monoisotopic (exact) mass is 308 g/mol. The Morgan fingerprint density at radius 1 is 1.48 bits per heavy atom. The fraction of sp³-hybridized carbons (Fsp3) is 0.588. The Morgan fingerprint density at radius 2 is 2.19 bits per heavy atom. The molecule has 116 valence electrons. The molecule has 2 rings (SSSR count). The number of amides is 1. The lowest BCUT2D eigenvalue weighted by Gasteiger charge is -2.31. The number of nitrogens with two attached hydrogens (primary N) is 1. The standard InChI is InChI=1S/C17H25ClN2O/c1-17(2,3)15(19)11-16(21)20-9-5-8-14(20)12-6-4-7-13(18)10-12/h4,6-7,10,14-15H,5,8-9,11,19H2,1-3H3. The summed E-state index contributed by atoms with van der Waals surface area (Å²) in [5.41, 5.74) is 7.23. The van der Waals surface area contributed by atoms with E-state index in [9.17, 15) is 4.79 Å². The van der Waals surface area contributed by atoms with E-state index < -0.39 is 0 Å². The molecule has 4 heteroatoms. The van der Waals surface area contributed by atoms with Crippen molar-refractivity contribution in [2.24, 2.45) is 11.1 Å². The van der Waals surface area contributed by atoms with Gasteiger partial charge in [-0.15, -0.1) is 0 Å². The molecule has 1 aromatic carbocycles. The number of carbonyl (C=O) groups is 1. The van der Waals surface area contributed by atoms with Crippen LogP contribution in [-0.4, -0.2) is 23.4 Å². The molecule has 1 aromatic rings. The molecule has 0 spiro atoms. The third-order valence-electron chi connectivity index (χ3n) is 4.31. The highest BCUT2D eigenvalue weighted by molar-refractivity contribution is 6.30. The fourth-order valence-corrected chi connectivity index (χ4v) is 2.94. The van der Waals surface area contributed by atoms with Gasteiger partial charge in [-0.3, -0.25) is 4.79 Å². The van der Waals surface area contributed by atoms with E-state index in [4.69, 9.17) is 17.3 Å². The van der Waals surface area contributed by atoms with E-state index in [-0.39, 0.29) is 23.4 Å². The summed E-state index contributed by atoms with van der Waals surface area (Å²) in [4.78, 5) is 14.6. The van der Waals surface area contributed by atoms with Crippen molar-refractivity contribution in [3.05, 3.63) is 34.9 Å². The first-order valence-corrected chi connectivity index (χ1v) is 7.97. The first-order chi connectivity index (χ1) is 9.79. The summed E-state index contributed by atoms with van der Waals surface area (Å²) in [5, 5.41) is 0.721. The summed E-state index contributed by atoms with van der Waals surface area (Å²) >= 11 is 6.07. The van der Waals surface area contributed by atoms with Crippen molar-refractivity contribution in [1.82, 2.24) is 4.90 Å². The average Bonchev–Trinajstić information content (AvgIpc) is 2.86. The zero-order valence-corrected chi connectivity index (χ0v) is 13.9. The normalized spacial score (nSPS) is 20.6. The minimum atomic E-state index is -0.120. The molecule has 1 amide bonds. The first-order valence-electron chi connectivity index (χ1n) is 7.59. The molecule has 2 atom stereocenters.